The molecule has 1 amide bonds. The third-order valence-electron chi connectivity index (χ3n) is 3.85. The van der Waals surface area contributed by atoms with Crippen molar-refractivity contribution in [1.82, 2.24) is 9.97 Å². The minimum absolute atomic E-state index is 0.0377. The van der Waals surface area contributed by atoms with Gasteiger partial charge in [0.25, 0.3) is 0 Å². The van der Waals surface area contributed by atoms with E-state index in [1.165, 1.54) is 17.0 Å². The van der Waals surface area contributed by atoms with Crippen LogP contribution in [0.25, 0.3) is 0 Å². The fraction of sp³-hybridized carbons (Fsp3) is 0.267. The van der Waals surface area contributed by atoms with Crippen LogP contribution in [0.15, 0.2) is 30.3 Å². The van der Waals surface area contributed by atoms with Gasteiger partial charge in [-0.25, -0.2) is 9.37 Å². The Hall–Kier alpha value is -2.41. The fourth-order valence-corrected chi connectivity index (χ4v) is 2.88. The zero-order valence-corrected chi connectivity index (χ0v) is 13.2. The standard InChI is InChI=1S/C15H15ClFN5O/c1-21(13-8-12(16)19-15(18)20-13)11-6-7-22(14(11)23)10-5-3-2-4-9(10)17/h2-5,8,11H,6-7H2,1H3,(H2,18,19,20). The van der Waals surface area contributed by atoms with Gasteiger partial charge in [0.05, 0.1) is 5.69 Å². The number of anilines is 3. The van der Waals surface area contributed by atoms with Crippen molar-refractivity contribution in [3.05, 3.63) is 41.3 Å². The summed E-state index contributed by atoms with van der Waals surface area (Å²) in [6, 6.07) is 7.30. The predicted octanol–water partition coefficient (Wildman–Crippen LogP) is 2.09. The Morgan fingerprint density at radius 2 is 2.13 bits per heavy atom. The molecule has 0 aliphatic carbocycles. The first-order valence-corrected chi connectivity index (χ1v) is 7.44. The molecule has 1 atom stereocenters. The van der Waals surface area contributed by atoms with Crippen LogP contribution in [-0.4, -0.2) is 35.5 Å². The summed E-state index contributed by atoms with van der Waals surface area (Å²) in [5.41, 5.74) is 5.88. The van der Waals surface area contributed by atoms with Crippen LogP contribution in [-0.2, 0) is 4.79 Å². The zero-order chi connectivity index (χ0) is 16.6. The number of carbonyl (C=O) groups excluding carboxylic acids is 1. The monoisotopic (exact) mass is 335 g/mol. The number of benzene rings is 1. The van der Waals surface area contributed by atoms with Gasteiger partial charge in [-0.3, -0.25) is 4.79 Å². The molecule has 2 heterocycles. The maximum Gasteiger partial charge on any atom is 0.249 e. The number of nitrogens with two attached hydrogens (primary N) is 1. The molecule has 1 unspecified atom stereocenters. The lowest BCUT2D eigenvalue weighted by Crippen LogP contribution is -2.40. The molecule has 1 fully saturated rings. The first-order chi connectivity index (χ1) is 11.0. The van der Waals surface area contributed by atoms with E-state index in [0.29, 0.717) is 18.8 Å². The highest BCUT2D eigenvalue weighted by Gasteiger charge is 2.37. The van der Waals surface area contributed by atoms with E-state index in [-0.39, 0.29) is 22.7 Å². The highest BCUT2D eigenvalue weighted by atomic mass is 35.5. The molecule has 2 N–H and O–H groups in total. The Bertz CT molecular complexity index is 736. The van der Waals surface area contributed by atoms with Crippen molar-refractivity contribution < 1.29 is 9.18 Å². The highest BCUT2D eigenvalue weighted by molar-refractivity contribution is 6.29. The lowest BCUT2D eigenvalue weighted by Gasteiger charge is -2.25. The topological polar surface area (TPSA) is 75.4 Å². The molecule has 1 aromatic heterocycles. The van der Waals surface area contributed by atoms with Crippen LogP contribution >= 0.6 is 11.6 Å². The number of halogens is 2. The summed E-state index contributed by atoms with van der Waals surface area (Å²) in [7, 11) is 1.73. The molecule has 2 aromatic rings. The Morgan fingerprint density at radius 3 is 2.83 bits per heavy atom. The van der Waals surface area contributed by atoms with Crippen molar-refractivity contribution in [3.8, 4) is 0 Å². The minimum Gasteiger partial charge on any atom is -0.368 e. The van der Waals surface area contributed by atoms with Gasteiger partial charge in [-0.2, -0.15) is 4.98 Å². The van der Waals surface area contributed by atoms with Crippen molar-refractivity contribution in [2.75, 3.05) is 29.1 Å². The normalized spacial score (nSPS) is 17.6. The molecule has 8 heteroatoms. The van der Waals surface area contributed by atoms with Crippen molar-refractivity contribution in [1.29, 1.82) is 0 Å². The van der Waals surface area contributed by atoms with E-state index < -0.39 is 11.9 Å². The molecule has 1 aromatic carbocycles. The third kappa shape index (κ3) is 2.92. The van der Waals surface area contributed by atoms with Gasteiger partial charge in [0, 0.05) is 19.7 Å². The lowest BCUT2D eigenvalue weighted by molar-refractivity contribution is -0.118. The molecular weight excluding hydrogens is 321 g/mol. The van der Waals surface area contributed by atoms with Gasteiger partial charge in [0.2, 0.25) is 11.9 Å². The average Bonchev–Trinajstić information content (AvgIpc) is 2.87. The van der Waals surface area contributed by atoms with E-state index >= 15 is 0 Å². The number of nitrogens with zero attached hydrogens (tertiary/aromatic N) is 4. The van der Waals surface area contributed by atoms with Crippen molar-refractivity contribution in [2.45, 2.75) is 12.5 Å². The SMILES string of the molecule is CN(c1cc(Cl)nc(N)n1)C1CCN(c2ccccc2F)C1=O. The van der Waals surface area contributed by atoms with Gasteiger partial charge < -0.3 is 15.5 Å². The second-order valence-corrected chi connectivity index (χ2v) is 5.65. The van der Waals surface area contributed by atoms with E-state index in [2.05, 4.69) is 9.97 Å². The molecule has 1 saturated heterocycles. The maximum atomic E-state index is 13.9. The largest absolute Gasteiger partial charge is 0.368 e. The Morgan fingerprint density at radius 1 is 1.39 bits per heavy atom. The highest BCUT2D eigenvalue weighted by Crippen LogP contribution is 2.28. The quantitative estimate of drug-likeness (QED) is 0.869. The molecule has 1 aliphatic heterocycles. The van der Waals surface area contributed by atoms with Crippen molar-refractivity contribution in [3.63, 3.8) is 0 Å². The van der Waals surface area contributed by atoms with E-state index in [9.17, 15) is 9.18 Å². The lowest BCUT2D eigenvalue weighted by atomic mass is 10.2. The summed E-state index contributed by atoms with van der Waals surface area (Å²) in [6.07, 6.45) is 0.547. The van der Waals surface area contributed by atoms with Crippen molar-refractivity contribution in [2.24, 2.45) is 0 Å². The third-order valence-corrected chi connectivity index (χ3v) is 4.04. The molecule has 120 valence electrons. The van der Waals surface area contributed by atoms with Crippen LogP contribution in [0.5, 0.6) is 0 Å². The minimum atomic E-state index is -0.458. The Labute approximate surface area is 137 Å². The number of aromatic nitrogens is 2. The Balaban J connectivity index is 1.85. The number of likely N-dealkylation sites (N-methyl/N-ethyl adjacent to an activating group) is 1. The summed E-state index contributed by atoms with van der Waals surface area (Å²) in [4.78, 5) is 23.7. The average molecular weight is 336 g/mol. The van der Waals surface area contributed by atoms with Crippen LogP contribution in [0.3, 0.4) is 0 Å². The molecule has 3 rings (SSSR count). The van der Waals surface area contributed by atoms with E-state index in [1.54, 1.807) is 30.1 Å². The number of amides is 1. The van der Waals surface area contributed by atoms with Crippen LogP contribution in [0.2, 0.25) is 5.15 Å². The van der Waals surface area contributed by atoms with E-state index in [0.717, 1.165) is 0 Å². The molecular formula is C15H15ClFN5O. The van der Waals surface area contributed by atoms with Gasteiger partial charge in [-0.05, 0) is 18.6 Å². The van der Waals surface area contributed by atoms with Crippen LogP contribution in [0.4, 0.5) is 21.8 Å². The summed E-state index contributed by atoms with van der Waals surface area (Å²) < 4.78 is 13.9. The number of rotatable bonds is 3. The van der Waals surface area contributed by atoms with Gasteiger partial charge in [-0.15, -0.1) is 0 Å². The molecule has 0 radical (unpaired) electrons. The van der Waals surface area contributed by atoms with E-state index in [1.807, 2.05) is 0 Å². The maximum absolute atomic E-state index is 13.9. The number of carbonyl (C=O) groups is 1. The van der Waals surface area contributed by atoms with Crippen LogP contribution < -0.4 is 15.5 Å². The van der Waals surface area contributed by atoms with Gasteiger partial charge in [0.15, 0.2) is 0 Å². The van der Waals surface area contributed by atoms with E-state index in [4.69, 9.17) is 17.3 Å². The number of nitrogen functional groups attached to an aromatic ring is 1. The second kappa shape index (κ2) is 6.00. The Kier molecular flexibility index (Phi) is 4.04. The molecule has 0 bridgehead atoms. The first kappa shape index (κ1) is 15.5. The number of hydrogen-bond acceptors (Lipinski definition) is 5. The molecule has 23 heavy (non-hydrogen) atoms. The summed E-state index contributed by atoms with van der Waals surface area (Å²) in [5.74, 6) is -0.114. The molecule has 1 aliphatic rings. The summed E-state index contributed by atoms with van der Waals surface area (Å²) in [6.45, 7) is 0.434. The number of para-hydroxylation sites is 1. The zero-order valence-electron chi connectivity index (χ0n) is 12.4. The smallest absolute Gasteiger partial charge is 0.249 e. The molecule has 0 spiro atoms. The second-order valence-electron chi connectivity index (χ2n) is 5.26. The van der Waals surface area contributed by atoms with Gasteiger partial charge in [0.1, 0.15) is 22.8 Å². The number of hydrogen-bond donors (Lipinski definition) is 1. The summed E-state index contributed by atoms with van der Waals surface area (Å²) >= 11 is 5.88. The first-order valence-electron chi connectivity index (χ1n) is 7.06. The van der Waals surface area contributed by atoms with Gasteiger partial charge in [-0.1, -0.05) is 23.7 Å². The van der Waals surface area contributed by atoms with Gasteiger partial charge >= 0.3 is 0 Å². The van der Waals surface area contributed by atoms with Crippen molar-refractivity contribution >= 4 is 35.0 Å². The van der Waals surface area contributed by atoms with Crippen LogP contribution in [0, 0.1) is 5.82 Å². The summed E-state index contributed by atoms with van der Waals surface area (Å²) in [5, 5.41) is 0.204. The molecule has 0 saturated carbocycles. The predicted molar refractivity (Wildman–Crippen MR) is 87.0 cm³/mol. The van der Waals surface area contributed by atoms with Crippen LogP contribution in [0.1, 0.15) is 6.42 Å². The molecule has 6 nitrogen and oxygen atoms in total. The fourth-order valence-electron chi connectivity index (χ4n) is 2.70.